The highest BCUT2D eigenvalue weighted by Gasteiger charge is 2.70. The van der Waals surface area contributed by atoms with Crippen molar-refractivity contribution in [2.24, 2.45) is 50.2 Å². The van der Waals surface area contributed by atoms with Crippen LogP contribution in [0.15, 0.2) is 11.6 Å². The van der Waals surface area contributed by atoms with Crippen molar-refractivity contribution in [1.29, 1.82) is 0 Å². The number of hydrogen-bond acceptors (Lipinski definition) is 3. The Morgan fingerprint density at radius 3 is 2.21 bits per heavy atom. The Kier molecular flexibility index (Phi) is 5.04. The largest absolute Gasteiger partial charge is 0.481 e. The van der Waals surface area contributed by atoms with Crippen LogP contribution in [-0.4, -0.2) is 28.1 Å². The van der Waals surface area contributed by atoms with Crippen molar-refractivity contribution < 1.29 is 19.8 Å². The zero-order valence-corrected chi connectivity index (χ0v) is 22.5. The third-order valence-corrected chi connectivity index (χ3v) is 13.1. The Labute approximate surface area is 206 Å². The number of carbonyl (C=O) groups is 2. The first kappa shape index (κ1) is 24.5. The lowest BCUT2D eigenvalue weighted by molar-refractivity contribution is -0.202. The maximum Gasteiger partial charge on any atom is 0.309 e. The fraction of sp³-hybridized carbons (Fsp3) is 0.867. The molecule has 4 heteroatoms. The summed E-state index contributed by atoms with van der Waals surface area (Å²) in [6, 6.07) is 0. The van der Waals surface area contributed by atoms with Gasteiger partial charge < -0.3 is 10.2 Å². The van der Waals surface area contributed by atoms with Gasteiger partial charge in [-0.15, -0.1) is 0 Å². The molecule has 0 aliphatic heterocycles. The van der Waals surface area contributed by atoms with E-state index in [-0.39, 0.29) is 50.8 Å². The number of hydrogen-bond donors (Lipinski definition) is 2. The van der Waals surface area contributed by atoms with E-state index < -0.39 is 11.4 Å². The normalized spacial score (nSPS) is 54.1. The molecule has 5 rings (SSSR count). The van der Waals surface area contributed by atoms with Gasteiger partial charge in [-0.3, -0.25) is 9.59 Å². The SMILES string of the molecule is CC1(C)[C@@H](O)CC[C@@]2(C)[C@H]1CC[C@@]1(C)[C@H]2C(=O)C=C2[C@@H]3C[C@@](C)(C(=O)O)CC[C@@]3(C)CC[C@]21C. The van der Waals surface area contributed by atoms with E-state index in [9.17, 15) is 19.8 Å². The highest BCUT2D eigenvalue weighted by atomic mass is 16.4. The van der Waals surface area contributed by atoms with Crippen LogP contribution in [0.25, 0.3) is 0 Å². The Bertz CT molecular complexity index is 965. The predicted octanol–water partition coefficient (Wildman–Crippen LogP) is 6.41. The molecule has 4 nitrogen and oxygen atoms in total. The number of carboxylic acid groups (broad SMARTS) is 1. The summed E-state index contributed by atoms with van der Waals surface area (Å²) in [5.41, 5.74) is 0.142. The average molecular weight is 471 g/mol. The lowest BCUT2D eigenvalue weighted by atomic mass is 9.33. The molecule has 4 saturated carbocycles. The van der Waals surface area contributed by atoms with Crippen molar-refractivity contribution in [1.82, 2.24) is 0 Å². The molecule has 0 aromatic heterocycles. The Hall–Kier alpha value is -1.16. The van der Waals surface area contributed by atoms with E-state index in [0.29, 0.717) is 12.3 Å². The van der Waals surface area contributed by atoms with Gasteiger partial charge in [-0.2, -0.15) is 0 Å². The average Bonchev–Trinajstić information content (AvgIpc) is 2.73. The van der Waals surface area contributed by atoms with Crippen molar-refractivity contribution in [2.75, 3.05) is 0 Å². The molecule has 4 fully saturated rings. The smallest absolute Gasteiger partial charge is 0.309 e. The van der Waals surface area contributed by atoms with Crippen LogP contribution in [-0.2, 0) is 9.59 Å². The maximum absolute atomic E-state index is 14.2. The van der Waals surface area contributed by atoms with Gasteiger partial charge in [-0.1, -0.05) is 47.1 Å². The number of aliphatic hydroxyl groups excluding tert-OH is 1. The summed E-state index contributed by atoms with van der Waals surface area (Å²) in [6.45, 7) is 15.8. The van der Waals surface area contributed by atoms with Gasteiger partial charge in [0.25, 0.3) is 0 Å². The van der Waals surface area contributed by atoms with E-state index in [4.69, 9.17) is 0 Å². The fourth-order valence-electron chi connectivity index (χ4n) is 10.4. The van der Waals surface area contributed by atoms with Crippen LogP contribution in [0.3, 0.4) is 0 Å². The lowest BCUT2D eigenvalue weighted by Gasteiger charge is -2.70. The first-order valence-electron chi connectivity index (χ1n) is 13.7. The molecule has 0 spiro atoms. The molecule has 0 aromatic rings. The van der Waals surface area contributed by atoms with Crippen LogP contribution in [0, 0.1) is 50.2 Å². The van der Waals surface area contributed by atoms with Crippen molar-refractivity contribution in [3.05, 3.63) is 11.6 Å². The summed E-state index contributed by atoms with van der Waals surface area (Å²) in [5.74, 6) is 0.0603. The molecule has 0 amide bonds. The molecule has 5 aliphatic carbocycles. The molecular formula is C30H46O4. The molecular weight excluding hydrogens is 424 g/mol. The molecule has 0 aromatic carbocycles. The van der Waals surface area contributed by atoms with Crippen LogP contribution < -0.4 is 0 Å². The molecule has 0 heterocycles. The minimum Gasteiger partial charge on any atom is -0.481 e. The van der Waals surface area contributed by atoms with Crippen LogP contribution in [0.2, 0.25) is 0 Å². The third-order valence-electron chi connectivity index (χ3n) is 13.1. The first-order chi connectivity index (χ1) is 15.6. The van der Waals surface area contributed by atoms with E-state index in [0.717, 1.165) is 51.4 Å². The number of ketones is 1. The molecule has 190 valence electrons. The van der Waals surface area contributed by atoms with E-state index in [1.165, 1.54) is 5.57 Å². The predicted molar refractivity (Wildman–Crippen MR) is 133 cm³/mol. The third kappa shape index (κ3) is 2.81. The molecule has 0 radical (unpaired) electrons. The van der Waals surface area contributed by atoms with Crippen molar-refractivity contribution >= 4 is 11.8 Å². The Balaban J connectivity index is 1.62. The molecule has 0 unspecified atom stereocenters. The van der Waals surface area contributed by atoms with E-state index >= 15 is 0 Å². The summed E-state index contributed by atoms with van der Waals surface area (Å²) in [5, 5.41) is 20.9. The maximum atomic E-state index is 14.2. The fourth-order valence-corrected chi connectivity index (χ4v) is 10.4. The van der Waals surface area contributed by atoms with E-state index in [1.807, 2.05) is 13.0 Å². The standard InChI is InChI=1S/C30H46O4/c1-25(2)21-8-11-30(7)23(28(21,5)10-9-22(25)32)20(31)16-18-19-17-27(4,24(33)34)13-12-26(19,3)14-15-29(18,30)6/h16,19,21-23,32H,8-15,17H2,1-7H3,(H,33,34)/t19-,21-,22-,23-,26-,27-,28-,29+,30-/m0/s1. The van der Waals surface area contributed by atoms with Gasteiger partial charge in [0.05, 0.1) is 11.5 Å². The summed E-state index contributed by atoms with van der Waals surface area (Å²) in [7, 11) is 0. The van der Waals surface area contributed by atoms with E-state index in [1.54, 1.807) is 0 Å². The van der Waals surface area contributed by atoms with Gasteiger partial charge in [0.15, 0.2) is 5.78 Å². The zero-order chi connectivity index (χ0) is 25.1. The first-order valence-corrected chi connectivity index (χ1v) is 13.7. The quantitative estimate of drug-likeness (QED) is 0.464. The molecule has 0 bridgehead atoms. The highest BCUT2D eigenvalue weighted by molar-refractivity contribution is 5.95. The second-order valence-corrected chi connectivity index (χ2v) is 14.9. The Morgan fingerprint density at radius 2 is 1.56 bits per heavy atom. The number of aliphatic hydroxyl groups is 1. The summed E-state index contributed by atoms with van der Waals surface area (Å²) in [6.07, 6.45) is 9.95. The minimum atomic E-state index is -0.711. The Morgan fingerprint density at radius 1 is 0.912 bits per heavy atom. The lowest BCUT2D eigenvalue weighted by Crippen LogP contribution is -2.66. The van der Waals surface area contributed by atoms with Gasteiger partial charge in [0, 0.05) is 5.92 Å². The van der Waals surface area contributed by atoms with Gasteiger partial charge >= 0.3 is 5.97 Å². The van der Waals surface area contributed by atoms with Gasteiger partial charge in [-0.25, -0.2) is 0 Å². The molecule has 9 atom stereocenters. The molecule has 0 saturated heterocycles. The van der Waals surface area contributed by atoms with Crippen LogP contribution in [0.1, 0.15) is 106 Å². The van der Waals surface area contributed by atoms with Crippen LogP contribution in [0.4, 0.5) is 0 Å². The summed E-state index contributed by atoms with van der Waals surface area (Å²) >= 11 is 0. The van der Waals surface area contributed by atoms with Crippen molar-refractivity contribution in [3.8, 4) is 0 Å². The number of carboxylic acids is 1. The number of fused-ring (bicyclic) bond motifs is 7. The second-order valence-electron chi connectivity index (χ2n) is 14.9. The van der Waals surface area contributed by atoms with Crippen molar-refractivity contribution in [2.45, 2.75) is 112 Å². The van der Waals surface area contributed by atoms with Crippen LogP contribution in [0.5, 0.6) is 0 Å². The summed E-state index contributed by atoms with van der Waals surface area (Å²) < 4.78 is 0. The number of aliphatic carboxylic acids is 1. The highest BCUT2D eigenvalue weighted by Crippen LogP contribution is 2.75. The number of rotatable bonds is 1. The zero-order valence-electron chi connectivity index (χ0n) is 22.5. The number of allylic oxidation sites excluding steroid dienone is 2. The van der Waals surface area contributed by atoms with Gasteiger partial charge in [0.1, 0.15) is 0 Å². The second kappa shape index (κ2) is 6.99. The molecule has 34 heavy (non-hydrogen) atoms. The monoisotopic (exact) mass is 470 g/mol. The topological polar surface area (TPSA) is 74.6 Å². The molecule has 2 N–H and O–H groups in total. The summed E-state index contributed by atoms with van der Waals surface area (Å²) in [4.78, 5) is 26.4. The van der Waals surface area contributed by atoms with Gasteiger partial charge in [0.2, 0.25) is 0 Å². The van der Waals surface area contributed by atoms with Gasteiger partial charge in [-0.05, 0) is 110 Å². The van der Waals surface area contributed by atoms with Crippen LogP contribution >= 0.6 is 0 Å². The van der Waals surface area contributed by atoms with E-state index in [2.05, 4.69) is 41.5 Å². The van der Waals surface area contributed by atoms with Crippen molar-refractivity contribution in [3.63, 3.8) is 0 Å². The number of carbonyl (C=O) groups excluding carboxylic acids is 1. The molecule has 5 aliphatic rings. The minimum absolute atomic E-state index is 0.0296.